The highest BCUT2D eigenvalue weighted by Gasteiger charge is 2.51. The Hall–Kier alpha value is -0.650. The Morgan fingerprint density at radius 3 is 2.50 bits per heavy atom. The molecule has 2 rings (SSSR count). The zero-order valence-electron chi connectivity index (χ0n) is 9.39. The highest BCUT2D eigenvalue weighted by molar-refractivity contribution is 5.73. The van der Waals surface area contributed by atoms with Gasteiger partial charge >= 0.3 is 5.97 Å². The monoisotopic (exact) mass is 229 g/mol. The van der Waals surface area contributed by atoms with E-state index in [1.807, 2.05) is 0 Å². The summed E-state index contributed by atoms with van der Waals surface area (Å²) in [4.78, 5) is 13.0. The average Bonchev–Trinajstić information content (AvgIpc) is 3.08. The van der Waals surface area contributed by atoms with Gasteiger partial charge in [0.05, 0.1) is 13.2 Å². The van der Waals surface area contributed by atoms with E-state index in [2.05, 4.69) is 4.90 Å². The van der Waals surface area contributed by atoms with E-state index in [1.54, 1.807) is 0 Å². The van der Waals surface area contributed by atoms with Crippen LogP contribution in [0.4, 0.5) is 0 Å². The number of nitrogens with zero attached hydrogens (tertiary/aromatic N) is 1. The van der Waals surface area contributed by atoms with Crippen molar-refractivity contribution >= 4 is 5.97 Å². The van der Waals surface area contributed by atoms with Crippen LogP contribution in [0.25, 0.3) is 0 Å². The number of ether oxygens (including phenoxy) is 1. The number of morpholine rings is 1. The lowest BCUT2D eigenvalue weighted by atomic mass is 9.94. The predicted molar refractivity (Wildman–Crippen MR) is 57.2 cm³/mol. The topological polar surface area (TPSA) is 70.0 Å². The standard InChI is InChI=1S/C11H19NO4/c13-9(10(14)15)11(1-2-11)3-4-12-5-7-16-8-6-12/h9,13H,1-8H2,(H,14,15). The van der Waals surface area contributed by atoms with E-state index in [1.165, 1.54) is 0 Å². The number of hydrogen-bond donors (Lipinski definition) is 2. The highest BCUT2D eigenvalue weighted by Crippen LogP contribution is 2.51. The molecule has 0 aromatic heterocycles. The van der Waals surface area contributed by atoms with Crippen LogP contribution in [-0.2, 0) is 9.53 Å². The SMILES string of the molecule is O=C(O)C(O)C1(CCN2CCOCC2)CC1. The van der Waals surface area contributed by atoms with Crippen molar-refractivity contribution < 1.29 is 19.7 Å². The molecule has 0 aromatic rings. The Kier molecular flexibility index (Phi) is 3.47. The van der Waals surface area contributed by atoms with Crippen LogP contribution < -0.4 is 0 Å². The molecule has 0 spiro atoms. The van der Waals surface area contributed by atoms with Crippen molar-refractivity contribution in [2.45, 2.75) is 25.4 Å². The van der Waals surface area contributed by atoms with Crippen molar-refractivity contribution in [1.82, 2.24) is 4.90 Å². The summed E-state index contributed by atoms with van der Waals surface area (Å²) in [6, 6.07) is 0. The minimum atomic E-state index is -1.19. The van der Waals surface area contributed by atoms with E-state index in [9.17, 15) is 9.90 Å². The van der Waals surface area contributed by atoms with Gasteiger partial charge in [-0.15, -0.1) is 0 Å². The van der Waals surface area contributed by atoms with E-state index < -0.39 is 12.1 Å². The van der Waals surface area contributed by atoms with Gasteiger partial charge in [0.1, 0.15) is 0 Å². The van der Waals surface area contributed by atoms with Crippen molar-refractivity contribution in [2.24, 2.45) is 5.41 Å². The van der Waals surface area contributed by atoms with E-state index in [-0.39, 0.29) is 5.41 Å². The zero-order chi connectivity index (χ0) is 11.6. The van der Waals surface area contributed by atoms with Gasteiger partial charge in [0.15, 0.2) is 6.10 Å². The molecule has 1 unspecified atom stereocenters. The first kappa shape index (κ1) is 11.8. The second kappa shape index (κ2) is 4.69. The molecule has 0 amide bonds. The molecule has 2 N–H and O–H groups in total. The van der Waals surface area contributed by atoms with E-state index in [0.29, 0.717) is 0 Å². The minimum Gasteiger partial charge on any atom is -0.479 e. The number of carboxylic acid groups (broad SMARTS) is 1. The number of rotatable bonds is 5. The summed E-state index contributed by atoms with van der Waals surface area (Å²) >= 11 is 0. The molecule has 5 heteroatoms. The fourth-order valence-electron chi connectivity index (χ4n) is 2.29. The van der Waals surface area contributed by atoms with Crippen LogP contribution in [0.2, 0.25) is 0 Å². The van der Waals surface area contributed by atoms with Crippen LogP contribution in [0, 0.1) is 5.41 Å². The number of aliphatic hydroxyl groups is 1. The van der Waals surface area contributed by atoms with Crippen LogP contribution >= 0.6 is 0 Å². The summed E-state index contributed by atoms with van der Waals surface area (Å²) in [7, 11) is 0. The maximum atomic E-state index is 10.8. The molecular weight excluding hydrogens is 210 g/mol. The van der Waals surface area contributed by atoms with Gasteiger partial charge in [-0.2, -0.15) is 0 Å². The van der Waals surface area contributed by atoms with E-state index in [4.69, 9.17) is 9.84 Å². The zero-order valence-corrected chi connectivity index (χ0v) is 9.39. The molecule has 0 bridgehead atoms. The predicted octanol–water partition coefficient (Wildman–Crippen LogP) is -0.0656. The second-order valence-corrected chi connectivity index (χ2v) is 4.81. The highest BCUT2D eigenvalue weighted by atomic mass is 16.5. The summed E-state index contributed by atoms with van der Waals surface area (Å²) in [5.74, 6) is -1.08. The molecule has 2 fully saturated rings. The molecule has 92 valence electrons. The third-order valence-corrected chi connectivity index (χ3v) is 3.74. The molecule has 1 aliphatic carbocycles. The maximum Gasteiger partial charge on any atom is 0.333 e. The Morgan fingerprint density at radius 1 is 1.38 bits per heavy atom. The average molecular weight is 229 g/mol. The van der Waals surface area contributed by atoms with Crippen LogP contribution in [0.15, 0.2) is 0 Å². The van der Waals surface area contributed by atoms with Gasteiger partial charge in [-0.1, -0.05) is 0 Å². The van der Waals surface area contributed by atoms with Gasteiger partial charge in [-0.05, 0) is 25.8 Å². The van der Waals surface area contributed by atoms with Crippen LogP contribution in [0.1, 0.15) is 19.3 Å². The Labute approximate surface area is 95.0 Å². The molecule has 1 atom stereocenters. The smallest absolute Gasteiger partial charge is 0.333 e. The largest absolute Gasteiger partial charge is 0.479 e. The number of aliphatic hydroxyl groups excluding tert-OH is 1. The summed E-state index contributed by atoms with van der Waals surface area (Å²) in [5, 5.41) is 18.4. The minimum absolute atomic E-state index is 0.343. The quantitative estimate of drug-likeness (QED) is 0.691. The lowest BCUT2D eigenvalue weighted by Crippen LogP contribution is -2.39. The summed E-state index contributed by atoms with van der Waals surface area (Å²) in [6.07, 6.45) is 1.27. The van der Waals surface area contributed by atoms with E-state index in [0.717, 1.165) is 52.1 Å². The number of aliphatic carboxylic acids is 1. The van der Waals surface area contributed by atoms with Gasteiger partial charge in [0, 0.05) is 18.5 Å². The molecule has 0 aromatic carbocycles. The fourth-order valence-corrected chi connectivity index (χ4v) is 2.29. The van der Waals surface area contributed by atoms with Gasteiger partial charge < -0.3 is 14.9 Å². The van der Waals surface area contributed by atoms with Gasteiger partial charge in [-0.25, -0.2) is 4.79 Å². The number of carbonyl (C=O) groups is 1. The van der Waals surface area contributed by atoms with Gasteiger partial charge in [-0.3, -0.25) is 4.90 Å². The molecule has 2 aliphatic rings. The van der Waals surface area contributed by atoms with Crippen molar-refractivity contribution in [1.29, 1.82) is 0 Å². The van der Waals surface area contributed by atoms with Crippen LogP contribution in [0.3, 0.4) is 0 Å². The van der Waals surface area contributed by atoms with Crippen molar-refractivity contribution in [2.75, 3.05) is 32.8 Å². The van der Waals surface area contributed by atoms with Crippen LogP contribution in [-0.4, -0.2) is 60.0 Å². The number of carboxylic acids is 1. The Balaban J connectivity index is 1.78. The summed E-state index contributed by atoms with van der Waals surface area (Å²) in [6.45, 7) is 4.22. The Morgan fingerprint density at radius 2 is 2.00 bits per heavy atom. The van der Waals surface area contributed by atoms with Crippen LogP contribution in [0.5, 0.6) is 0 Å². The van der Waals surface area contributed by atoms with E-state index >= 15 is 0 Å². The third kappa shape index (κ3) is 2.53. The van der Waals surface area contributed by atoms with Crippen molar-refractivity contribution in [3.63, 3.8) is 0 Å². The van der Waals surface area contributed by atoms with Gasteiger partial charge in [0.2, 0.25) is 0 Å². The first-order valence-corrected chi connectivity index (χ1v) is 5.85. The second-order valence-electron chi connectivity index (χ2n) is 4.81. The normalized spacial score (nSPS) is 26.3. The Bertz CT molecular complexity index is 259. The summed E-state index contributed by atoms with van der Waals surface area (Å²) in [5.41, 5.74) is -0.343. The van der Waals surface area contributed by atoms with Gasteiger partial charge in [0.25, 0.3) is 0 Å². The number of hydrogen-bond acceptors (Lipinski definition) is 4. The summed E-state index contributed by atoms with van der Waals surface area (Å²) < 4.78 is 5.25. The molecule has 1 saturated carbocycles. The molecule has 1 aliphatic heterocycles. The van der Waals surface area contributed by atoms with Crippen molar-refractivity contribution in [3.05, 3.63) is 0 Å². The third-order valence-electron chi connectivity index (χ3n) is 3.74. The first-order chi connectivity index (χ1) is 7.64. The first-order valence-electron chi connectivity index (χ1n) is 5.85. The molecular formula is C11H19NO4. The lowest BCUT2D eigenvalue weighted by molar-refractivity contribution is -0.151. The van der Waals surface area contributed by atoms with Crippen molar-refractivity contribution in [3.8, 4) is 0 Å². The molecule has 1 heterocycles. The lowest BCUT2D eigenvalue weighted by Gasteiger charge is -2.29. The molecule has 16 heavy (non-hydrogen) atoms. The fraction of sp³-hybridized carbons (Fsp3) is 0.909. The molecule has 5 nitrogen and oxygen atoms in total. The maximum absolute atomic E-state index is 10.8. The molecule has 1 saturated heterocycles. The molecule has 0 radical (unpaired) electrons.